The van der Waals surface area contributed by atoms with Crippen LogP contribution in [0.4, 0.5) is 4.39 Å². The van der Waals surface area contributed by atoms with Crippen LogP contribution in [-0.4, -0.2) is 74.3 Å². The average molecular weight is 683 g/mol. The van der Waals surface area contributed by atoms with Crippen molar-refractivity contribution in [2.24, 2.45) is 0 Å². The fraction of sp³-hybridized carbons (Fsp3) is 0.514. The number of phenolic OH excluding ortho intramolecular Hbond substituents is 1. The molecule has 252 valence electrons. The Bertz CT molecular complexity index is 1790. The highest BCUT2D eigenvalue weighted by Gasteiger charge is 2.41. The van der Waals surface area contributed by atoms with Crippen molar-refractivity contribution in [3.63, 3.8) is 0 Å². The Hall–Kier alpha value is -3.16. The molecule has 4 heterocycles. The lowest BCUT2D eigenvalue weighted by molar-refractivity contribution is -0.128. The van der Waals surface area contributed by atoms with Crippen LogP contribution in [0.3, 0.4) is 0 Å². The van der Waals surface area contributed by atoms with Crippen molar-refractivity contribution in [2.75, 3.05) is 32.8 Å². The number of aromatic nitrogens is 2. The smallest absolute Gasteiger partial charge is 0.305 e. The molecule has 2 aliphatic heterocycles. The number of aliphatic hydroxyl groups excluding tert-OH is 1. The van der Waals surface area contributed by atoms with Crippen LogP contribution in [0.25, 0.3) is 10.2 Å². The van der Waals surface area contributed by atoms with Gasteiger partial charge in [0, 0.05) is 42.5 Å². The van der Waals surface area contributed by atoms with Gasteiger partial charge in [-0.3, -0.25) is 14.5 Å². The SMILES string of the molecule is CC(C)(C)c1nc(C(=O)N2CCOC3(CCN(Cc4cc(F)cc(CCCC[C@H](O)c5ccc(O)c6[nH]c(=O)sc56)c4)CC3)C2)cs1. The van der Waals surface area contributed by atoms with Gasteiger partial charge in [-0.2, -0.15) is 0 Å². The highest BCUT2D eigenvalue weighted by molar-refractivity contribution is 7.16. The largest absolute Gasteiger partial charge is 0.506 e. The first-order chi connectivity index (χ1) is 22.4. The van der Waals surface area contributed by atoms with E-state index in [0.29, 0.717) is 60.6 Å². The number of phenols is 1. The monoisotopic (exact) mass is 682 g/mol. The summed E-state index contributed by atoms with van der Waals surface area (Å²) in [6, 6.07) is 8.41. The number of aromatic amines is 1. The van der Waals surface area contributed by atoms with Gasteiger partial charge in [-0.25, -0.2) is 9.37 Å². The molecule has 0 radical (unpaired) electrons. The number of benzene rings is 2. The molecule has 0 saturated carbocycles. The summed E-state index contributed by atoms with van der Waals surface area (Å²) in [6.45, 7) is 10.2. The topological polar surface area (TPSA) is 119 Å². The summed E-state index contributed by atoms with van der Waals surface area (Å²) in [7, 11) is 0. The Morgan fingerprint density at radius 3 is 2.66 bits per heavy atom. The molecule has 4 aromatic rings. The third-order valence-electron chi connectivity index (χ3n) is 9.23. The molecule has 2 aromatic carbocycles. The number of nitrogens with zero attached hydrogens (tertiary/aromatic N) is 3. The first-order valence-corrected chi connectivity index (χ1v) is 18.0. The zero-order valence-electron chi connectivity index (χ0n) is 27.2. The van der Waals surface area contributed by atoms with Gasteiger partial charge in [0.25, 0.3) is 5.91 Å². The molecule has 0 aliphatic carbocycles. The molecule has 0 unspecified atom stereocenters. The third kappa shape index (κ3) is 7.78. The van der Waals surface area contributed by atoms with Crippen molar-refractivity contribution in [1.82, 2.24) is 19.8 Å². The molecule has 1 atom stereocenters. The Morgan fingerprint density at radius 1 is 1.15 bits per heavy atom. The van der Waals surface area contributed by atoms with Crippen molar-refractivity contribution >= 4 is 38.8 Å². The predicted molar refractivity (Wildman–Crippen MR) is 183 cm³/mol. The summed E-state index contributed by atoms with van der Waals surface area (Å²) in [4.78, 5) is 36.3. The van der Waals surface area contributed by atoms with E-state index in [2.05, 4.69) is 41.7 Å². The number of hydrogen-bond donors (Lipinski definition) is 3. The van der Waals surface area contributed by atoms with Gasteiger partial charge in [0.05, 0.1) is 34.6 Å². The molecule has 0 bridgehead atoms. The summed E-state index contributed by atoms with van der Waals surface area (Å²) in [5.74, 6) is -0.287. The Balaban J connectivity index is 0.991. The summed E-state index contributed by atoms with van der Waals surface area (Å²) in [5, 5.41) is 23.7. The average Bonchev–Trinajstić information content (AvgIpc) is 3.68. The summed E-state index contributed by atoms with van der Waals surface area (Å²) < 4.78 is 21.5. The quantitative estimate of drug-likeness (QED) is 0.182. The van der Waals surface area contributed by atoms with Gasteiger partial charge in [0.2, 0.25) is 0 Å². The van der Waals surface area contributed by atoms with Crippen LogP contribution >= 0.6 is 22.7 Å². The van der Waals surface area contributed by atoms with Gasteiger partial charge in [-0.15, -0.1) is 11.3 Å². The van der Waals surface area contributed by atoms with Crippen LogP contribution < -0.4 is 4.87 Å². The Morgan fingerprint density at radius 2 is 1.91 bits per heavy atom. The number of morpholine rings is 1. The van der Waals surface area contributed by atoms with Crippen LogP contribution in [0.15, 0.2) is 40.5 Å². The van der Waals surface area contributed by atoms with Crippen molar-refractivity contribution in [2.45, 2.75) is 83.0 Å². The maximum absolute atomic E-state index is 14.7. The van der Waals surface area contributed by atoms with Gasteiger partial charge in [0.1, 0.15) is 22.8 Å². The van der Waals surface area contributed by atoms with Crippen LogP contribution in [0.1, 0.15) is 91.2 Å². The lowest BCUT2D eigenvalue weighted by atomic mass is 9.89. The van der Waals surface area contributed by atoms with Crippen LogP contribution in [-0.2, 0) is 23.1 Å². The molecule has 1 amide bonds. The fourth-order valence-electron chi connectivity index (χ4n) is 6.65. The van der Waals surface area contributed by atoms with E-state index >= 15 is 0 Å². The molecule has 3 N–H and O–H groups in total. The Kier molecular flexibility index (Phi) is 9.87. The second kappa shape index (κ2) is 13.8. The number of H-pyrrole nitrogens is 1. The maximum Gasteiger partial charge on any atom is 0.305 e. The maximum atomic E-state index is 14.7. The zero-order chi connectivity index (χ0) is 33.3. The molecular weight excluding hydrogens is 640 g/mol. The molecule has 2 saturated heterocycles. The number of hydrogen-bond acceptors (Lipinski definition) is 9. The number of rotatable bonds is 9. The molecule has 6 rings (SSSR count). The number of thiazole rings is 2. The number of unbranched alkanes of at least 4 members (excludes halogenated alkanes) is 1. The van der Waals surface area contributed by atoms with Crippen molar-refractivity contribution in [1.29, 1.82) is 0 Å². The number of aromatic hydroxyl groups is 1. The van der Waals surface area contributed by atoms with E-state index in [1.54, 1.807) is 18.2 Å². The van der Waals surface area contributed by atoms with Gasteiger partial charge >= 0.3 is 4.87 Å². The number of aliphatic hydroxyl groups is 1. The lowest BCUT2D eigenvalue weighted by Crippen LogP contribution is -2.58. The van der Waals surface area contributed by atoms with Gasteiger partial charge in [0.15, 0.2) is 0 Å². The molecule has 9 nitrogen and oxygen atoms in total. The van der Waals surface area contributed by atoms with E-state index in [0.717, 1.165) is 66.2 Å². The molecule has 1 spiro atoms. The van der Waals surface area contributed by atoms with Gasteiger partial charge in [-0.05, 0) is 61.4 Å². The normalized spacial score (nSPS) is 17.9. The minimum atomic E-state index is -0.762. The third-order valence-corrected chi connectivity index (χ3v) is 11.4. The summed E-state index contributed by atoms with van der Waals surface area (Å²) >= 11 is 2.52. The van der Waals surface area contributed by atoms with Crippen molar-refractivity contribution in [3.05, 3.63) is 78.6 Å². The predicted octanol–water partition coefficient (Wildman–Crippen LogP) is 6.14. The fourth-order valence-corrected chi connectivity index (χ4v) is 8.45. The van der Waals surface area contributed by atoms with E-state index < -0.39 is 6.10 Å². The number of ether oxygens (including phenoxy) is 1. The van der Waals surface area contributed by atoms with Crippen LogP contribution in [0.2, 0.25) is 0 Å². The molecule has 47 heavy (non-hydrogen) atoms. The number of aryl methyl sites for hydroxylation is 1. The number of halogens is 1. The number of nitrogens with one attached hydrogen (secondary N) is 1. The lowest BCUT2D eigenvalue weighted by Gasteiger charge is -2.47. The number of carbonyl (C=O) groups excluding carboxylic acids is 1. The molecule has 12 heteroatoms. The van der Waals surface area contributed by atoms with Crippen LogP contribution in [0.5, 0.6) is 5.75 Å². The van der Waals surface area contributed by atoms with Crippen molar-refractivity contribution < 1.29 is 24.1 Å². The first-order valence-electron chi connectivity index (χ1n) is 16.3. The number of fused-ring (bicyclic) bond motifs is 1. The highest BCUT2D eigenvalue weighted by atomic mass is 32.1. The van der Waals surface area contributed by atoms with Crippen molar-refractivity contribution in [3.8, 4) is 5.75 Å². The van der Waals surface area contributed by atoms with E-state index in [9.17, 15) is 24.2 Å². The van der Waals surface area contributed by atoms with Gasteiger partial charge in [-0.1, -0.05) is 50.7 Å². The molecular formula is C35H43FN4O5S2. The summed E-state index contributed by atoms with van der Waals surface area (Å²) in [6.07, 6.45) is 3.54. The molecule has 2 aliphatic rings. The van der Waals surface area contributed by atoms with E-state index in [1.165, 1.54) is 17.4 Å². The van der Waals surface area contributed by atoms with E-state index in [4.69, 9.17) is 4.74 Å². The minimum absolute atomic E-state index is 0.0111. The van der Waals surface area contributed by atoms with Crippen LogP contribution in [0, 0.1) is 5.82 Å². The second-order valence-corrected chi connectivity index (χ2v) is 15.8. The number of carbonyl (C=O) groups is 1. The number of piperidine rings is 1. The molecule has 2 fully saturated rings. The van der Waals surface area contributed by atoms with E-state index in [1.807, 2.05) is 10.3 Å². The molecule has 2 aromatic heterocycles. The van der Waals surface area contributed by atoms with Gasteiger partial charge < -0.3 is 24.8 Å². The minimum Gasteiger partial charge on any atom is -0.506 e. The number of likely N-dealkylation sites (tertiary alicyclic amines) is 1. The van der Waals surface area contributed by atoms with E-state index in [-0.39, 0.29) is 33.4 Å². The first kappa shape index (κ1) is 33.7. The summed E-state index contributed by atoms with van der Waals surface area (Å²) in [5.41, 5.74) is 2.91. The zero-order valence-corrected chi connectivity index (χ0v) is 28.8. The Labute approximate surface area is 282 Å². The number of amides is 1. The highest BCUT2D eigenvalue weighted by Crippen LogP contribution is 2.34. The standard InChI is InChI=1S/C35H43FN4O5S2/c1-34(2,3)32-37-26(20-46-32)31(43)40-14-15-45-35(21-40)10-12-39(13-11-35)19-23-16-22(17-24(36)18-23)6-4-5-7-27(41)25-8-9-28(42)29-30(25)47-33(44)38-29/h8-9,16-18,20,27,41-42H,4-7,10-15,19,21H2,1-3H3,(H,38,44)/t27-/m0/s1. The second-order valence-electron chi connectivity index (χ2n) is 13.9.